The van der Waals surface area contributed by atoms with E-state index in [0.717, 1.165) is 6.20 Å². The van der Waals surface area contributed by atoms with Crippen LogP contribution in [0.25, 0.3) is 11.1 Å². The molecule has 0 aliphatic rings. The fourth-order valence-electron chi connectivity index (χ4n) is 3.11. The van der Waals surface area contributed by atoms with Crippen molar-refractivity contribution in [3.05, 3.63) is 83.4 Å². The van der Waals surface area contributed by atoms with Crippen molar-refractivity contribution in [1.82, 2.24) is 10.3 Å². The molecule has 0 atom stereocenters. The second kappa shape index (κ2) is 10.1. The van der Waals surface area contributed by atoms with Gasteiger partial charge >= 0.3 is 12.1 Å². The van der Waals surface area contributed by atoms with Crippen LogP contribution < -0.4 is 10.6 Å². The van der Waals surface area contributed by atoms with Crippen LogP contribution in [-0.4, -0.2) is 33.7 Å². The highest BCUT2D eigenvalue weighted by molar-refractivity contribution is 6.05. The van der Waals surface area contributed by atoms with Crippen LogP contribution in [0.1, 0.15) is 47.1 Å². The van der Waals surface area contributed by atoms with Crippen molar-refractivity contribution >= 4 is 23.7 Å². The molecule has 9 heteroatoms. The quantitative estimate of drug-likeness (QED) is 0.478. The second-order valence-corrected chi connectivity index (χ2v) is 8.42. The lowest BCUT2D eigenvalue weighted by Crippen LogP contribution is -2.32. The average molecular weight is 465 g/mol. The number of carboxylic acid groups (broad SMARTS) is 1. The molecule has 3 rings (SSSR count). The third-order valence-corrected chi connectivity index (χ3v) is 4.64. The Morgan fingerprint density at radius 2 is 1.82 bits per heavy atom. The number of benzene rings is 2. The van der Waals surface area contributed by atoms with E-state index in [-0.39, 0.29) is 23.4 Å². The van der Waals surface area contributed by atoms with E-state index in [9.17, 15) is 23.9 Å². The van der Waals surface area contributed by atoms with Crippen molar-refractivity contribution < 1.29 is 28.6 Å². The number of ether oxygens (including phenoxy) is 1. The summed E-state index contributed by atoms with van der Waals surface area (Å²) in [4.78, 5) is 40.0. The first kappa shape index (κ1) is 24.4. The number of halogens is 1. The van der Waals surface area contributed by atoms with Gasteiger partial charge in [0.25, 0.3) is 5.91 Å². The van der Waals surface area contributed by atoms with Gasteiger partial charge in [-0.05, 0) is 67.8 Å². The summed E-state index contributed by atoms with van der Waals surface area (Å²) in [7, 11) is 0. The number of carbonyl (C=O) groups excluding carboxylic acids is 2. The number of rotatable bonds is 6. The fourth-order valence-corrected chi connectivity index (χ4v) is 3.11. The molecule has 0 fully saturated rings. The van der Waals surface area contributed by atoms with Gasteiger partial charge in [-0.15, -0.1) is 0 Å². The van der Waals surface area contributed by atoms with Crippen molar-refractivity contribution in [2.75, 3.05) is 5.32 Å². The van der Waals surface area contributed by atoms with Crippen molar-refractivity contribution in [2.24, 2.45) is 0 Å². The molecule has 0 aliphatic carbocycles. The summed E-state index contributed by atoms with van der Waals surface area (Å²) in [5.41, 5.74) is 1.27. The lowest BCUT2D eigenvalue weighted by atomic mass is 9.95. The molecule has 3 N–H and O–H groups in total. The maximum absolute atomic E-state index is 13.9. The van der Waals surface area contributed by atoms with Crippen molar-refractivity contribution in [1.29, 1.82) is 0 Å². The van der Waals surface area contributed by atoms with Crippen LogP contribution >= 0.6 is 0 Å². The van der Waals surface area contributed by atoms with Crippen LogP contribution in [0.5, 0.6) is 0 Å². The van der Waals surface area contributed by atoms with E-state index < -0.39 is 29.4 Å². The lowest BCUT2D eigenvalue weighted by molar-refractivity contribution is 0.0523. The maximum atomic E-state index is 13.9. The Hall–Kier alpha value is -4.27. The molecule has 2 aromatic carbocycles. The summed E-state index contributed by atoms with van der Waals surface area (Å²) in [6, 6.07) is 12.3. The number of aromatic nitrogens is 1. The van der Waals surface area contributed by atoms with Gasteiger partial charge in [-0.2, -0.15) is 0 Å². The van der Waals surface area contributed by atoms with Crippen LogP contribution in [0.2, 0.25) is 0 Å². The van der Waals surface area contributed by atoms with Gasteiger partial charge in [0.2, 0.25) is 0 Å². The molecule has 0 spiro atoms. The topological polar surface area (TPSA) is 118 Å². The number of anilines is 1. The minimum Gasteiger partial charge on any atom is -0.478 e. The predicted molar refractivity (Wildman–Crippen MR) is 124 cm³/mol. The zero-order valence-electron chi connectivity index (χ0n) is 18.9. The van der Waals surface area contributed by atoms with Gasteiger partial charge in [0.15, 0.2) is 5.82 Å². The molecule has 176 valence electrons. The third kappa shape index (κ3) is 6.38. The number of pyridine rings is 1. The summed E-state index contributed by atoms with van der Waals surface area (Å²) >= 11 is 0. The van der Waals surface area contributed by atoms with Gasteiger partial charge < -0.3 is 20.5 Å². The van der Waals surface area contributed by atoms with E-state index in [2.05, 4.69) is 15.6 Å². The van der Waals surface area contributed by atoms with Gasteiger partial charge in [-0.1, -0.05) is 18.2 Å². The van der Waals surface area contributed by atoms with Crippen LogP contribution in [0.3, 0.4) is 0 Å². The summed E-state index contributed by atoms with van der Waals surface area (Å²) in [6.45, 7) is 5.31. The molecule has 0 saturated heterocycles. The van der Waals surface area contributed by atoms with E-state index >= 15 is 0 Å². The molecule has 1 aromatic heterocycles. The largest absolute Gasteiger partial charge is 0.478 e. The Labute approximate surface area is 195 Å². The van der Waals surface area contributed by atoms with Crippen molar-refractivity contribution in [3.8, 4) is 11.1 Å². The highest BCUT2D eigenvalue weighted by Gasteiger charge is 2.18. The first-order valence-electron chi connectivity index (χ1n) is 10.4. The molecular weight excluding hydrogens is 441 g/mol. The molecule has 0 saturated carbocycles. The normalized spacial score (nSPS) is 10.9. The number of hydrogen-bond acceptors (Lipinski definition) is 5. The Morgan fingerprint density at radius 1 is 1.06 bits per heavy atom. The number of nitrogens with zero attached hydrogens (tertiary/aromatic N) is 1. The Balaban J connectivity index is 1.95. The number of carbonyl (C=O) groups is 3. The monoisotopic (exact) mass is 465 g/mol. The van der Waals surface area contributed by atoms with Crippen LogP contribution in [-0.2, 0) is 11.3 Å². The summed E-state index contributed by atoms with van der Waals surface area (Å²) in [5, 5.41) is 14.5. The van der Waals surface area contributed by atoms with Gasteiger partial charge in [0.1, 0.15) is 5.60 Å². The van der Waals surface area contributed by atoms with Gasteiger partial charge in [-0.3, -0.25) is 9.78 Å². The minimum absolute atomic E-state index is 0.0231. The third-order valence-electron chi connectivity index (χ3n) is 4.64. The second-order valence-electron chi connectivity index (χ2n) is 8.42. The van der Waals surface area contributed by atoms with Crippen molar-refractivity contribution in [3.63, 3.8) is 0 Å². The molecule has 0 aliphatic heterocycles. The number of nitrogens with one attached hydrogen (secondary N) is 2. The number of aromatic carboxylic acids is 1. The SMILES string of the molecule is CC(C)(C)OC(=O)NCc1ccc(C(=O)Nc2ccncc2F)cc1-c1cccc(C(=O)O)c1. The average Bonchev–Trinajstić information content (AvgIpc) is 2.78. The Morgan fingerprint density at radius 3 is 2.50 bits per heavy atom. The lowest BCUT2D eigenvalue weighted by Gasteiger charge is -2.20. The van der Waals surface area contributed by atoms with E-state index in [4.69, 9.17) is 4.74 Å². The highest BCUT2D eigenvalue weighted by atomic mass is 19.1. The number of amides is 2. The van der Waals surface area contributed by atoms with Gasteiger partial charge in [-0.25, -0.2) is 14.0 Å². The highest BCUT2D eigenvalue weighted by Crippen LogP contribution is 2.27. The van der Waals surface area contributed by atoms with Gasteiger partial charge in [0.05, 0.1) is 17.4 Å². The van der Waals surface area contributed by atoms with E-state index in [1.54, 1.807) is 45.0 Å². The Bertz CT molecular complexity index is 1240. The molecule has 3 aromatic rings. The Kier molecular flexibility index (Phi) is 7.25. The maximum Gasteiger partial charge on any atom is 0.407 e. The first-order chi connectivity index (χ1) is 16.0. The predicted octanol–water partition coefficient (Wildman–Crippen LogP) is 4.86. The summed E-state index contributed by atoms with van der Waals surface area (Å²) in [6.07, 6.45) is 1.73. The first-order valence-corrected chi connectivity index (χ1v) is 10.4. The van der Waals surface area contributed by atoms with Crippen LogP contribution in [0, 0.1) is 5.82 Å². The number of carboxylic acids is 1. The zero-order valence-corrected chi connectivity index (χ0v) is 18.9. The van der Waals surface area contributed by atoms with E-state index in [0.29, 0.717) is 16.7 Å². The van der Waals surface area contributed by atoms with Crippen molar-refractivity contribution in [2.45, 2.75) is 32.9 Å². The molecule has 0 bridgehead atoms. The standard InChI is InChI=1S/C25H24FN3O5/c1-25(2,3)34-24(33)28-13-18-8-7-16(22(30)29-21-9-10-27-14-20(21)26)12-19(18)15-5-4-6-17(11-15)23(31)32/h4-12,14H,13H2,1-3H3,(H,28,33)(H,31,32)(H,27,29,30). The number of hydrogen-bond donors (Lipinski definition) is 3. The molecule has 34 heavy (non-hydrogen) atoms. The minimum atomic E-state index is -1.10. The zero-order chi connectivity index (χ0) is 24.9. The smallest absolute Gasteiger partial charge is 0.407 e. The molecule has 2 amide bonds. The van der Waals surface area contributed by atoms with Crippen LogP contribution in [0.4, 0.5) is 14.9 Å². The molecule has 0 radical (unpaired) electrons. The van der Waals surface area contributed by atoms with Crippen LogP contribution in [0.15, 0.2) is 60.9 Å². The molecule has 1 heterocycles. The molecule has 0 unspecified atom stereocenters. The number of alkyl carbamates (subject to hydrolysis) is 1. The van der Waals surface area contributed by atoms with E-state index in [1.807, 2.05) is 0 Å². The summed E-state index contributed by atoms with van der Waals surface area (Å²) in [5.74, 6) is -2.34. The molecule has 8 nitrogen and oxygen atoms in total. The molecular formula is C25H24FN3O5. The van der Waals surface area contributed by atoms with E-state index in [1.165, 1.54) is 30.5 Å². The van der Waals surface area contributed by atoms with Gasteiger partial charge in [0, 0.05) is 18.3 Å². The summed E-state index contributed by atoms with van der Waals surface area (Å²) < 4.78 is 19.2. The fraction of sp³-hybridized carbons (Fsp3) is 0.200.